The minimum Gasteiger partial charge on any atom is -0.340 e. The number of fused-ring (bicyclic) bond motifs is 1. The maximum absolute atomic E-state index is 2.43. The number of hydrogen-bond donors (Lipinski definition) is 1. The molecule has 0 unspecified atom stereocenters. The van der Waals surface area contributed by atoms with Crippen LogP contribution in [0.25, 0.3) is 0 Å². The molecule has 0 amide bonds. The summed E-state index contributed by atoms with van der Waals surface area (Å²) < 4.78 is 2.37. The first-order chi connectivity index (χ1) is 6.95. The number of thiophene rings is 1. The second-order valence-corrected chi connectivity index (χ2v) is 4.62. The quantitative estimate of drug-likeness (QED) is 0.723. The second kappa shape index (κ2) is 3.26. The zero-order chi connectivity index (χ0) is 9.38. The molecule has 0 aliphatic carbocycles. The molecule has 14 heavy (non-hydrogen) atoms. The van der Waals surface area contributed by atoms with E-state index in [-0.39, 0.29) is 0 Å². The zero-order valence-corrected chi connectivity index (χ0v) is 8.70. The number of aromatic nitrogens is 1. The van der Waals surface area contributed by atoms with Crippen molar-refractivity contribution in [3.05, 3.63) is 46.4 Å². The Morgan fingerprint density at radius 3 is 3.21 bits per heavy atom. The molecule has 2 nitrogen and oxygen atoms in total. The second-order valence-electron chi connectivity index (χ2n) is 3.64. The molecule has 0 spiro atoms. The summed E-state index contributed by atoms with van der Waals surface area (Å²) in [7, 11) is 0. The van der Waals surface area contributed by atoms with Gasteiger partial charge < -0.3 is 9.88 Å². The van der Waals surface area contributed by atoms with Crippen LogP contribution in [0.3, 0.4) is 0 Å². The standard InChI is InChI=1S/C11H12N2S/c1-3-9-11(10-4-2-8-14-10)12-5-7-13(9)6-1/h1-4,6,8,11-12H,5,7H2/p+1/t11-/m0/s1. The molecular weight excluding hydrogens is 192 g/mol. The van der Waals surface area contributed by atoms with Gasteiger partial charge in [0, 0.05) is 6.20 Å². The number of hydrogen-bond acceptors (Lipinski definition) is 1. The summed E-state index contributed by atoms with van der Waals surface area (Å²) in [6, 6.07) is 9.28. The molecule has 0 saturated carbocycles. The summed E-state index contributed by atoms with van der Waals surface area (Å²) in [6.45, 7) is 2.33. The van der Waals surface area contributed by atoms with Gasteiger partial charge in [-0.2, -0.15) is 0 Å². The fourth-order valence-electron chi connectivity index (χ4n) is 2.14. The van der Waals surface area contributed by atoms with Crippen LogP contribution in [-0.2, 0) is 6.54 Å². The third-order valence-corrected chi connectivity index (χ3v) is 3.76. The molecule has 0 saturated heterocycles. The zero-order valence-electron chi connectivity index (χ0n) is 7.89. The van der Waals surface area contributed by atoms with E-state index in [4.69, 9.17) is 0 Å². The molecule has 2 aromatic rings. The third kappa shape index (κ3) is 1.21. The van der Waals surface area contributed by atoms with Gasteiger partial charge in [0.2, 0.25) is 0 Å². The summed E-state index contributed by atoms with van der Waals surface area (Å²) in [5, 5.41) is 4.59. The van der Waals surface area contributed by atoms with Crippen LogP contribution in [0, 0.1) is 0 Å². The average Bonchev–Trinajstić information content (AvgIpc) is 2.88. The largest absolute Gasteiger partial charge is 0.340 e. The lowest BCUT2D eigenvalue weighted by atomic mass is 10.1. The van der Waals surface area contributed by atoms with Crippen molar-refractivity contribution < 1.29 is 5.32 Å². The molecule has 3 heteroatoms. The molecular formula is C11H13N2S+. The number of quaternary nitrogens is 1. The molecule has 0 radical (unpaired) electrons. The first-order valence-corrected chi connectivity index (χ1v) is 5.85. The Morgan fingerprint density at radius 1 is 1.36 bits per heavy atom. The van der Waals surface area contributed by atoms with E-state index in [1.165, 1.54) is 17.1 Å². The number of nitrogens with two attached hydrogens (primary N) is 1. The van der Waals surface area contributed by atoms with Crippen molar-refractivity contribution in [2.75, 3.05) is 6.54 Å². The van der Waals surface area contributed by atoms with Crippen LogP contribution >= 0.6 is 11.3 Å². The Morgan fingerprint density at radius 2 is 2.36 bits per heavy atom. The van der Waals surface area contributed by atoms with Crippen molar-refractivity contribution in [1.29, 1.82) is 0 Å². The molecule has 1 aliphatic rings. The summed E-state index contributed by atoms with van der Waals surface area (Å²) in [6.07, 6.45) is 2.18. The fourth-order valence-corrected chi connectivity index (χ4v) is 2.98. The van der Waals surface area contributed by atoms with Gasteiger partial charge in [-0.3, -0.25) is 0 Å². The Hall–Kier alpha value is -1.06. The highest BCUT2D eigenvalue weighted by molar-refractivity contribution is 7.10. The van der Waals surface area contributed by atoms with Crippen molar-refractivity contribution in [1.82, 2.24) is 4.57 Å². The van der Waals surface area contributed by atoms with E-state index < -0.39 is 0 Å². The van der Waals surface area contributed by atoms with Gasteiger partial charge in [-0.25, -0.2) is 0 Å². The summed E-state index contributed by atoms with van der Waals surface area (Å²) in [5.74, 6) is 0. The van der Waals surface area contributed by atoms with Gasteiger partial charge in [-0.1, -0.05) is 6.07 Å². The van der Waals surface area contributed by atoms with Crippen LogP contribution in [0.5, 0.6) is 0 Å². The summed E-state index contributed by atoms with van der Waals surface area (Å²) in [5.41, 5.74) is 1.44. The maximum Gasteiger partial charge on any atom is 0.162 e. The first-order valence-electron chi connectivity index (χ1n) is 4.97. The van der Waals surface area contributed by atoms with Gasteiger partial charge in [0.05, 0.1) is 23.7 Å². The highest BCUT2D eigenvalue weighted by Gasteiger charge is 2.24. The lowest BCUT2D eigenvalue weighted by Gasteiger charge is -2.22. The van der Waals surface area contributed by atoms with Gasteiger partial charge in [-0.05, 0) is 23.6 Å². The van der Waals surface area contributed by atoms with Crippen molar-refractivity contribution in [3.8, 4) is 0 Å². The van der Waals surface area contributed by atoms with E-state index in [0.717, 1.165) is 6.54 Å². The molecule has 0 bridgehead atoms. The van der Waals surface area contributed by atoms with Crippen LogP contribution in [-0.4, -0.2) is 11.1 Å². The van der Waals surface area contributed by atoms with Crippen LogP contribution in [0.2, 0.25) is 0 Å². The molecule has 0 fully saturated rings. The molecule has 0 aromatic carbocycles. The number of rotatable bonds is 1. The van der Waals surface area contributed by atoms with E-state index in [0.29, 0.717) is 6.04 Å². The Balaban J connectivity index is 2.04. The summed E-state index contributed by atoms with van der Waals surface area (Å²) >= 11 is 1.85. The lowest BCUT2D eigenvalue weighted by Crippen LogP contribution is -2.87. The molecule has 72 valence electrons. The van der Waals surface area contributed by atoms with Gasteiger partial charge in [0.25, 0.3) is 0 Å². The lowest BCUT2D eigenvalue weighted by molar-refractivity contribution is -0.693. The highest BCUT2D eigenvalue weighted by atomic mass is 32.1. The van der Waals surface area contributed by atoms with E-state index in [2.05, 4.69) is 45.7 Å². The van der Waals surface area contributed by atoms with Crippen LogP contribution in [0.4, 0.5) is 0 Å². The minimum atomic E-state index is 0.527. The Labute approximate surface area is 87.2 Å². The van der Waals surface area contributed by atoms with Gasteiger partial charge >= 0.3 is 0 Å². The van der Waals surface area contributed by atoms with E-state index >= 15 is 0 Å². The normalized spacial score (nSPS) is 20.7. The van der Waals surface area contributed by atoms with Gasteiger partial charge in [0.1, 0.15) is 0 Å². The molecule has 2 N–H and O–H groups in total. The topological polar surface area (TPSA) is 21.5 Å². The number of nitrogens with zero attached hydrogens (tertiary/aromatic N) is 1. The van der Waals surface area contributed by atoms with Crippen LogP contribution < -0.4 is 5.32 Å². The molecule has 1 atom stereocenters. The molecule has 3 rings (SSSR count). The van der Waals surface area contributed by atoms with E-state index in [1.54, 1.807) is 0 Å². The third-order valence-electron chi connectivity index (χ3n) is 2.81. The predicted octanol–water partition coefficient (Wildman–Crippen LogP) is 1.22. The first kappa shape index (κ1) is 8.26. The smallest absolute Gasteiger partial charge is 0.162 e. The van der Waals surface area contributed by atoms with E-state index in [1.807, 2.05) is 11.3 Å². The average molecular weight is 205 g/mol. The minimum absolute atomic E-state index is 0.527. The van der Waals surface area contributed by atoms with Gasteiger partial charge in [-0.15, -0.1) is 11.3 Å². The van der Waals surface area contributed by atoms with Crippen LogP contribution in [0.1, 0.15) is 16.6 Å². The van der Waals surface area contributed by atoms with Crippen molar-refractivity contribution in [2.24, 2.45) is 0 Å². The highest BCUT2D eigenvalue weighted by Crippen LogP contribution is 2.24. The predicted molar refractivity (Wildman–Crippen MR) is 57.4 cm³/mol. The maximum atomic E-state index is 2.43. The monoisotopic (exact) mass is 205 g/mol. The molecule has 3 heterocycles. The van der Waals surface area contributed by atoms with Crippen LogP contribution in [0.15, 0.2) is 35.8 Å². The van der Waals surface area contributed by atoms with Gasteiger partial charge in [0.15, 0.2) is 6.04 Å². The summed E-state index contributed by atoms with van der Waals surface area (Å²) in [4.78, 5) is 1.46. The fraction of sp³-hybridized carbons (Fsp3) is 0.273. The SMILES string of the molecule is c1csc([C@H]2[NH2+]CCn3cccc32)c1. The van der Waals surface area contributed by atoms with Crippen molar-refractivity contribution in [2.45, 2.75) is 12.6 Å². The molecule has 1 aliphatic heterocycles. The van der Waals surface area contributed by atoms with E-state index in [9.17, 15) is 0 Å². The van der Waals surface area contributed by atoms with Crippen molar-refractivity contribution in [3.63, 3.8) is 0 Å². The Bertz CT molecular complexity index is 416. The Kier molecular flexibility index (Phi) is 1.92. The molecule has 2 aromatic heterocycles. The van der Waals surface area contributed by atoms with Crippen molar-refractivity contribution >= 4 is 11.3 Å².